The molecule has 0 saturated carbocycles. The lowest BCUT2D eigenvalue weighted by molar-refractivity contribution is -0.123. The summed E-state index contributed by atoms with van der Waals surface area (Å²) in [6, 6.07) is 14.3. The topological polar surface area (TPSA) is 38.3 Å². The van der Waals surface area contributed by atoms with Gasteiger partial charge in [-0.15, -0.1) is 0 Å². The van der Waals surface area contributed by atoms with Crippen LogP contribution in [0.15, 0.2) is 42.5 Å². The van der Waals surface area contributed by atoms with Crippen LogP contribution in [0.4, 0.5) is 0 Å². The van der Waals surface area contributed by atoms with Crippen molar-refractivity contribution in [2.75, 3.05) is 6.61 Å². The van der Waals surface area contributed by atoms with Crippen molar-refractivity contribution in [3.05, 3.63) is 64.7 Å². The van der Waals surface area contributed by atoms with Crippen LogP contribution in [0.5, 0.6) is 5.75 Å². The molecule has 2 aromatic carbocycles. The van der Waals surface area contributed by atoms with E-state index in [1.807, 2.05) is 12.1 Å². The smallest absolute Gasteiger partial charge is 0.258 e. The number of nitrogens with one attached hydrogen (secondary N) is 1. The van der Waals surface area contributed by atoms with Gasteiger partial charge in [-0.25, -0.2) is 0 Å². The molecule has 3 nitrogen and oxygen atoms in total. The number of ether oxygens (including phenoxy) is 1. The van der Waals surface area contributed by atoms with E-state index in [0.717, 1.165) is 12.0 Å². The molecule has 0 aliphatic heterocycles. The second kappa shape index (κ2) is 8.39. The lowest BCUT2D eigenvalue weighted by atomic mass is 9.87. The normalized spacial score (nSPS) is 12.5. The van der Waals surface area contributed by atoms with Gasteiger partial charge < -0.3 is 10.1 Å². The van der Waals surface area contributed by atoms with E-state index in [9.17, 15) is 4.79 Å². The average Bonchev–Trinajstić information content (AvgIpc) is 2.60. The van der Waals surface area contributed by atoms with Crippen molar-refractivity contribution < 1.29 is 9.53 Å². The fourth-order valence-electron chi connectivity index (χ4n) is 2.84. The maximum Gasteiger partial charge on any atom is 0.258 e. The predicted octanol–water partition coefficient (Wildman–Crippen LogP) is 5.25. The minimum atomic E-state index is -0.102. The van der Waals surface area contributed by atoms with Crippen LogP contribution < -0.4 is 10.1 Å². The lowest BCUT2D eigenvalue weighted by Crippen LogP contribution is -2.32. The van der Waals surface area contributed by atoms with Crippen LogP contribution in [0.1, 0.15) is 62.4 Å². The van der Waals surface area contributed by atoms with Gasteiger partial charge in [-0.05, 0) is 60.1 Å². The largest absolute Gasteiger partial charge is 0.484 e. The highest BCUT2D eigenvalue weighted by molar-refractivity contribution is 5.78. The summed E-state index contributed by atoms with van der Waals surface area (Å²) in [7, 11) is 0. The zero-order valence-electron chi connectivity index (χ0n) is 16.8. The summed E-state index contributed by atoms with van der Waals surface area (Å²) in [5.74, 6) is 0.613. The van der Waals surface area contributed by atoms with Gasteiger partial charge in [0.1, 0.15) is 5.75 Å². The molecule has 2 rings (SSSR count). The molecule has 0 aliphatic carbocycles. The molecule has 2 aromatic rings. The molecule has 1 unspecified atom stereocenters. The van der Waals surface area contributed by atoms with Crippen LogP contribution in [0.25, 0.3) is 0 Å². The van der Waals surface area contributed by atoms with Crippen LogP contribution in [-0.4, -0.2) is 12.5 Å². The molecule has 0 spiro atoms. The van der Waals surface area contributed by atoms with Gasteiger partial charge in [-0.2, -0.15) is 0 Å². The number of amides is 1. The summed E-state index contributed by atoms with van der Waals surface area (Å²) in [5, 5.41) is 3.07. The summed E-state index contributed by atoms with van der Waals surface area (Å²) in [4.78, 5) is 12.3. The Morgan fingerprint density at radius 2 is 1.69 bits per heavy atom. The Labute approximate surface area is 157 Å². The van der Waals surface area contributed by atoms with E-state index in [2.05, 4.69) is 77.2 Å². The van der Waals surface area contributed by atoms with Crippen molar-refractivity contribution in [3.8, 4) is 5.75 Å². The Hall–Kier alpha value is -2.29. The zero-order chi connectivity index (χ0) is 19.3. The standard InChI is InChI=1S/C23H31NO2/c1-7-21(18-9-8-16(2)17(3)14-18)24-22(25)15-26-20-12-10-19(11-13-20)23(4,5)6/h8-14,21H,7,15H2,1-6H3,(H,24,25). The van der Waals surface area contributed by atoms with Crippen LogP contribution in [-0.2, 0) is 10.2 Å². The van der Waals surface area contributed by atoms with Crippen molar-refractivity contribution in [3.63, 3.8) is 0 Å². The summed E-state index contributed by atoms with van der Waals surface area (Å²) >= 11 is 0. The second-order valence-electron chi connectivity index (χ2n) is 7.94. The SMILES string of the molecule is CCC(NC(=O)COc1ccc(C(C)(C)C)cc1)c1ccc(C)c(C)c1. The molecule has 3 heteroatoms. The summed E-state index contributed by atoms with van der Waals surface area (Å²) in [6.45, 7) is 12.8. The number of rotatable bonds is 6. The van der Waals surface area contributed by atoms with Crippen LogP contribution >= 0.6 is 0 Å². The number of carbonyl (C=O) groups is 1. The van der Waals surface area contributed by atoms with Gasteiger partial charge in [0.15, 0.2) is 6.61 Å². The molecular weight excluding hydrogens is 322 g/mol. The molecule has 26 heavy (non-hydrogen) atoms. The van der Waals surface area contributed by atoms with Crippen LogP contribution in [0.3, 0.4) is 0 Å². The fraction of sp³-hybridized carbons (Fsp3) is 0.435. The molecule has 0 fully saturated rings. The molecule has 0 heterocycles. The van der Waals surface area contributed by atoms with Crippen LogP contribution in [0.2, 0.25) is 0 Å². The Morgan fingerprint density at radius 3 is 2.23 bits per heavy atom. The quantitative estimate of drug-likeness (QED) is 0.770. The molecule has 0 aliphatic rings. The van der Waals surface area contributed by atoms with E-state index in [-0.39, 0.29) is 24.0 Å². The minimum Gasteiger partial charge on any atom is -0.484 e. The zero-order valence-corrected chi connectivity index (χ0v) is 16.8. The van der Waals surface area contributed by atoms with Crippen molar-refractivity contribution in [2.24, 2.45) is 0 Å². The molecule has 1 atom stereocenters. The van der Waals surface area contributed by atoms with E-state index in [1.54, 1.807) is 0 Å². The molecule has 140 valence electrons. The summed E-state index contributed by atoms with van der Waals surface area (Å²) < 4.78 is 5.65. The first-order chi connectivity index (χ1) is 12.2. The monoisotopic (exact) mass is 353 g/mol. The Balaban J connectivity index is 1.93. The van der Waals surface area contributed by atoms with E-state index >= 15 is 0 Å². The molecule has 0 saturated heterocycles. The molecule has 0 aromatic heterocycles. The number of carbonyl (C=O) groups excluding carboxylic acids is 1. The number of benzene rings is 2. The van der Waals surface area contributed by atoms with E-state index in [4.69, 9.17) is 4.74 Å². The molecule has 1 N–H and O–H groups in total. The first-order valence-corrected chi connectivity index (χ1v) is 9.30. The third kappa shape index (κ3) is 5.35. The minimum absolute atomic E-state index is 0.00802. The fourth-order valence-corrected chi connectivity index (χ4v) is 2.84. The third-order valence-corrected chi connectivity index (χ3v) is 4.77. The summed E-state index contributed by atoms with van der Waals surface area (Å²) in [5.41, 5.74) is 4.99. The molecule has 1 amide bonds. The van der Waals surface area contributed by atoms with Crippen molar-refractivity contribution >= 4 is 5.91 Å². The van der Waals surface area contributed by atoms with Gasteiger partial charge in [0.25, 0.3) is 5.91 Å². The van der Waals surface area contributed by atoms with E-state index in [1.165, 1.54) is 16.7 Å². The lowest BCUT2D eigenvalue weighted by Gasteiger charge is -2.20. The Bertz CT molecular complexity index is 742. The first kappa shape index (κ1) is 20.0. The average molecular weight is 354 g/mol. The Morgan fingerprint density at radius 1 is 1.04 bits per heavy atom. The third-order valence-electron chi connectivity index (χ3n) is 4.77. The van der Waals surface area contributed by atoms with Crippen molar-refractivity contribution in [2.45, 2.75) is 59.4 Å². The van der Waals surface area contributed by atoms with Crippen molar-refractivity contribution in [1.82, 2.24) is 5.32 Å². The van der Waals surface area contributed by atoms with Gasteiger partial charge in [-0.3, -0.25) is 4.79 Å². The highest BCUT2D eigenvalue weighted by Crippen LogP contribution is 2.24. The van der Waals surface area contributed by atoms with Gasteiger partial charge in [0.2, 0.25) is 0 Å². The summed E-state index contributed by atoms with van der Waals surface area (Å²) in [6.07, 6.45) is 0.842. The predicted molar refractivity (Wildman–Crippen MR) is 108 cm³/mol. The van der Waals surface area contributed by atoms with Crippen LogP contribution in [0, 0.1) is 13.8 Å². The molecule has 0 bridgehead atoms. The highest BCUT2D eigenvalue weighted by Gasteiger charge is 2.15. The maximum absolute atomic E-state index is 12.3. The second-order valence-corrected chi connectivity index (χ2v) is 7.94. The molecular formula is C23H31NO2. The number of hydrogen-bond donors (Lipinski definition) is 1. The highest BCUT2D eigenvalue weighted by atomic mass is 16.5. The van der Waals surface area contributed by atoms with Gasteiger partial charge in [0, 0.05) is 0 Å². The first-order valence-electron chi connectivity index (χ1n) is 9.30. The van der Waals surface area contributed by atoms with E-state index in [0.29, 0.717) is 5.75 Å². The number of hydrogen-bond acceptors (Lipinski definition) is 2. The van der Waals surface area contributed by atoms with Gasteiger partial charge in [-0.1, -0.05) is 58.0 Å². The number of aryl methyl sites for hydroxylation is 2. The molecule has 0 radical (unpaired) electrons. The van der Waals surface area contributed by atoms with Gasteiger partial charge >= 0.3 is 0 Å². The van der Waals surface area contributed by atoms with Crippen molar-refractivity contribution in [1.29, 1.82) is 0 Å². The maximum atomic E-state index is 12.3. The Kier molecular flexibility index (Phi) is 6.47. The van der Waals surface area contributed by atoms with Gasteiger partial charge in [0.05, 0.1) is 6.04 Å². The van der Waals surface area contributed by atoms with E-state index < -0.39 is 0 Å².